The number of benzene rings is 1. The van der Waals surface area contributed by atoms with Crippen LogP contribution in [0.4, 0.5) is 0 Å². The lowest BCUT2D eigenvalue weighted by Crippen LogP contribution is -2.39. The second kappa shape index (κ2) is 8.70. The predicted molar refractivity (Wildman–Crippen MR) is 110 cm³/mol. The Labute approximate surface area is 162 Å². The first-order valence-electron chi connectivity index (χ1n) is 10.1. The minimum atomic E-state index is -0.0493. The zero-order chi connectivity index (χ0) is 19.4. The molecular formula is C22H32N4O. The van der Waals surface area contributed by atoms with Crippen molar-refractivity contribution in [3.63, 3.8) is 0 Å². The van der Waals surface area contributed by atoms with Gasteiger partial charge in [-0.05, 0) is 69.8 Å². The fourth-order valence-corrected chi connectivity index (χ4v) is 3.79. The van der Waals surface area contributed by atoms with Crippen molar-refractivity contribution in [1.82, 2.24) is 20.0 Å². The van der Waals surface area contributed by atoms with Crippen LogP contribution in [0.5, 0.6) is 0 Å². The van der Waals surface area contributed by atoms with Crippen molar-refractivity contribution in [2.24, 2.45) is 7.05 Å². The van der Waals surface area contributed by atoms with Gasteiger partial charge in [0.15, 0.2) is 0 Å². The van der Waals surface area contributed by atoms with E-state index in [4.69, 9.17) is 0 Å². The number of aromatic nitrogens is 2. The van der Waals surface area contributed by atoms with E-state index in [1.54, 1.807) is 4.68 Å². The maximum absolute atomic E-state index is 12.6. The van der Waals surface area contributed by atoms with Gasteiger partial charge in [0.05, 0.1) is 5.69 Å². The summed E-state index contributed by atoms with van der Waals surface area (Å²) in [5.74, 6) is -0.0493. The van der Waals surface area contributed by atoms with Crippen LogP contribution >= 0.6 is 0 Å². The van der Waals surface area contributed by atoms with E-state index in [9.17, 15) is 4.79 Å². The van der Waals surface area contributed by atoms with Crippen molar-refractivity contribution in [1.29, 1.82) is 0 Å². The standard InChI is InChI=1S/C22H32N4O/c1-16-9-10-19(14-17(16)2)20-15-21(25(4)24-20)22(27)23-11-7-13-26-12-6-5-8-18(26)3/h9-10,14-15,18H,5-8,11-13H2,1-4H3,(H,23,27). The highest BCUT2D eigenvalue weighted by Gasteiger charge is 2.18. The number of hydrogen-bond donors (Lipinski definition) is 1. The number of nitrogens with zero attached hydrogens (tertiary/aromatic N) is 3. The normalized spacial score (nSPS) is 17.9. The molecule has 0 spiro atoms. The van der Waals surface area contributed by atoms with Crippen LogP contribution in [0.1, 0.15) is 54.2 Å². The lowest BCUT2D eigenvalue weighted by Gasteiger charge is -2.33. The molecular weight excluding hydrogens is 336 g/mol. The highest BCUT2D eigenvalue weighted by atomic mass is 16.2. The number of carbonyl (C=O) groups is 1. The number of likely N-dealkylation sites (tertiary alicyclic amines) is 1. The summed E-state index contributed by atoms with van der Waals surface area (Å²) in [6, 6.07) is 8.84. The summed E-state index contributed by atoms with van der Waals surface area (Å²) < 4.78 is 1.67. The molecule has 0 bridgehead atoms. The van der Waals surface area contributed by atoms with E-state index >= 15 is 0 Å². The quantitative estimate of drug-likeness (QED) is 0.791. The molecule has 1 unspecified atom stereocenters. The lowest BCUT2D eigenvalue weighted by molar-refractivity contribution is 0.0939. The number of carbonyl (C=O) groups excluding carboxylic acids is 1. The summed E-state index contributed by atoms with van der Waals surface area (Å²) in [7, 11) is 1.83. The van der Waals surface area contributed by atoms with Gasteiger partial charge in [0.1, 0.15) is 5.69 Å². The van der Waals surface area contributed by atoms with Crippen molar-refractivity contribution in [2.75, 3.05) is 19.6 Å². The highest BCUT2D eigenvalue weighted by Crippen LogP contribution is 2.22. The van der Waals surface area contributed by atoms with E-state index in [2.05, 4.69) is 54.3 Å². The second-order valence-corrected chi connectivity index (χ2v) is 7.83. The zero-order valence-electron chi connectivity index (χ0n) is 17.1. The largest absolute Gasteiger partial charge is 0.351 e. The molecule has 27 heavy (non-hydrogen) atoms. The molecule has 1 fully saturated rings. The smallest absolute Gasteiger partial charge is 0.269 e. The first-order valence-corrected chi connectivity index (χ1v) is 10.1. The van der Waals surface area contributed by atoms with Gasteiger partial charge in [-0.1, -0.05) is 18.6 Å². The lowest BCUT2D eigenvalue weighted by atomic mass is 10.0. The number of hydrogen-bond acceptors (Lipinski definition) is 3. The van der Waals surface area contributed by atoms with Gasteiger partial charge in [0.2, 0.25) is 0 Å². The number of amides is 1. The summed E-state index contributed by atoms with van der Waals surface area (Å²) in [6.07, 6.45) is 4.92. The maximum Gasteiger partial charge on any atom is 0.269 e. The molecule has 5 heteroatoms. The van der Waals surface area contributed by atoms with Crippen LogP contribution in [0.25, 0.3) is 11.3 Å². The van der Waals surface area contributed by atoms with E-state index in [0.29, 0.717) is 18.3 Å². The molecule has 1 saturated heterocycles. The van der Waals surface area contributed by atoms with Crippen LogP contribution in [-0.2, 0) is 7.05 Å². The van der Waals surface area contributed by atoms with Crippen LogP contribution in [0.15, 0.2) is 24.3 Å². The van der Waals surface area contributed by atoms with Crippen molar-refractivity contribution in [3.05, 3.63) is 41.1 Å². The Balaban J connectivity index is 1.55. The van der Waals surface area contributed by atoms with E-state index in [1.165, 1.54) is 36.9 Å². The molecule has 1 atom stereocenters. The summed E-state index contributed by atoms with van der Waals surface area (Å²) in [6.45, 7) is 9.45. The Hall–Kier alpha value is -2.14. The number of nitrogens with one attached hydrogen (secondary N) is 1. The fraction of sp³-hybridized carbons (Fsp3) is 0.545. The van der Waals surface area contributed by atoms with E-state index in [-0.39, 0.29) is 5.91 Å². The summed E-state index contributed by atoms with van der Waals surface area (Å²) in [5, 5.41) is 7.58. The topological polar surface area (TPSA) is 50.2 Å². The third-order valence-electron chi connectivity index (χ3n) is 5.76. The molecule has 0 saturated carbocycles. The van der Waals surface area contributed by atoms with Crippen LogP contribution < -0.4 is 5.32 Å². The number of aryl methyl sites for hydroxylation is 3. The van der Waals surface area contributed by atoms with E-state index in [0.717, 1.165) is 24.2 Å². The van der Waals surface area contributed by atoms with Gasteiger partial charge < -0.3 is 10.2 Å². The molecule has 3 rings (SSSR count). The third-order valence-corrected chi connectivity index (χ3v) is 5.76. The predicted octanol–water partition coefficient (Wildman–Crippen LogP) is 3.70. The van der Waals surface area contributed by atoms with Gasteiger partial charge in [-0.25, -0.2) is 0 Å². The average Bonchev–Trinajstić information content (AvgIpc) is 3.04. The van der Waals surface area contributed by atoms with Gasteiger partial charge in [-0.3, -0.25) is 9.48 Å². The van der Waals surface area contributed by atoms with Gasteiger partial charge in [0.25, 0.3) is 5.91 Å². The molecule has 2 heterocycles. The van der Waals surface area contributed by atoms with Crippen molar-refractivity contribution in [3.8, 4) is 11.3 Å². The van der Waals surface area contributed by atoms with Gasteiger partial charge in [0, 0.05) is 31.7 Å². The Bertz CT molecular complexity index is 796. The molecule has 1 aliphatic heterocycles. The third kappa shape index (κ3) is 4.78. The SMILES string of the molecule is Cc1ccc(-c2cc(C(=O)NCCCN3CCCCC3C)n(C)n2)cc1C. The molecule has 0 aliphatic carbocycles. The van der Waals surface area contributed by atoms with Gasteiger partial charge >= 0.3 is 0 Å². The number of rotatable bonds is 6. The fourth-order valence-electron chi connectivity index (χ4n) is 3.79. The molecule has 2 aromatic rings. The van der Waals surface area contributed by atoms with Crippen molar-refractivity contribution in [2.45, 2.75) is 52.5 Å². The van der Waals surface area contributed by atoms with Gasteiger partial charge in [-0.15, -0.1) is 0 Å². The van der Waals surface area contributed by atoms with Crippen molar-refractivity contribution < 1.29 is 4.79 Å². The Morgan fingerprint density at radius 2 is 2.04 bits per heavy atom. The summed E-state index contributed by atoms with van der Waals surface area (Å²) in [5.41, 5.74) is 4.99. The van der Waals surface area contributed by atoms with Crippen LogP contribution in [0.2, 0.25) is 0 Å². The number of piperidine rings is 1. The van der Waals surface area contributed by atoms with Crippen LogP contribution in [0, 0.1) is 13.8 Å². The summed E-state index contributed by atoms with van der Waals surface area (Å²) in [4.78, 5) is 15.1. The maximum atomic E-state index is 12.6. The molecule has 1 aliphatic rings. The molecule has 1 amide bonds. The second-order valence-electron chi connectivity index (χ2n) is 7.83. The van der Waals surface area contributed by atoms with E-state index < -0.39 is 0 Å². The van der Waals surface area contributed by atoms with Crippen LogP contribution in [-0.4, -0.2) is 46.3 Å². The monoisotopic (exact) mass is 368 g/mol. The first-order chi connectivity index (χ1) is 13.0. The first kappa shape index (κ1) is 19.6. The molecule has 0 radical (unpaired) electrons. The minimum Gasteiger partial charge on any atom is -0.351 e. The van der Waals surface area contributed by atoms with Gasteiger partial charge in [-0.2, -0.15) is 5.10 Å². The molecule has 146 valence electrons. The Morgan fingerprint density at radius 3 is 2.78 bits per heavy atom. The zero-order valence-corrected chi connectivity index (χ0v) is 17.1. The summed E-state index contributed by atoms with van der Waals surface area (Å²) >= 11 is 0. The Morgan fingerprint density at radius 1 is 1.22 bits per heavy atom. The Kier molecular flexibility index (Phi) is 6.32. The van der Waals surface area contributed by atoms with Crippen LogP contribution in [0.3, 0.4) is 0 Å². The average molecular weight is 369 g/mol. The van der Waals surface area contributed by atoms with E-state index in [1.807, 2.05) is 13.1 Å². The highest BCUT2D eigenvalue weighted by molar-refractivity contribution is 5.93. The molecule has 1 aromatic heterocycles. The molecule has 1 aromatic carbocycles. The molecule has 1 N–H and O–H groups in total. The minimum absolute atomic E-state index is 0.0493. The van der Waals surface area contributed by atoms with Crippen molar-refractivity contribution >= 4 is 5.91 Å². The molecule has 5 nitrogen and oxygen atoms in total.